The van der Waals surface area contributed by atoms with Crippen LogP contribution in [-0.4, -0.2) is 24.4 Å². The third kappa shape index (κ3) is 4.17. The van der Waals surface area contributed by atoms with Crippen LogP contribution in [0.3, 0.4) is 0 Å². The molecule has 0 spiro atoms. The minimum absolute atomic E-state index is 0.00530. The third-order valence-corrected chi connectivity index (χ3v) is 3.16. The molecule has 0 fully saturated rings. The van der Waals surface area contributed by atoms with E-state index in [0.29, 0.717) is 0 Å². The van der Waals surface area contributed by atoms with Crippen molar-refractivity contribution in [2.45, 2.75) is 4.90 Å². The van der Waals surface area contributed by atoms with E-state index < -0.39 is 0 Å². The average molecular weight is 228 g/mol. The quantitative estimate of drug-likeness (QED) is 0.600. The highest BCUT2D eigenvalue weighted by atomic mass is 32.2. The maximum Gasteiger partial charge on any atom is 0.0436 e. The standard InChI is InChI=1S/C10H16N2S2/c1-14(2)12-9-3-5-10(6-4-9)13-8-7-11/h3-6,12H,1,7-8,11H2,2H3. The molecule has 0 saturated carbocycles. The second-order valence-electron chi connectivity index (χ2n) is 2.90. The van der Waals surface area contributed by atoms with E-state index >= 15 is 0 Å². The zero-order valence-electron chi connectivity index (χ0n) is 8.32. The molecule has 2 nitrogen and oxygen atoms in total. The Morgan fingerprint density at radius 3 is 2.57 bits per heavy atom. The minimum Gasteiger partial charge on any atom is -0.336 e. The Bertz CT molecular complexity index is 295. The Morgan fingerprint density at radius 2 is 2.07 bits per heavy atom. The van der Waals surface area contributed by atoms with E-state index in [2.05, 4.69) is 41.1 Å². The van der Waals surface area contributed by atoms with Crippen molar-refractivity contribution in [1.82, 2.24) is 0 Å². The molecule has 0 amide bonds. The van der Waals surface area contributed by atoms with Crippen LogP contribution in [0.25, 0.3) is 0 Å². The largest absolute Gasteiger partial charge is 0.336 e. The van der Waals surface area contributed by atoms with Crippen LogP contribution in [0.15, 0.2) is 29.2 Å². The highest BCUT2D eigenvalue weighted by molar-refractivity contribution is 8.14. The number of hydrogen-bond acceptors (Lipinski definition) is 3. The second-order valence-corrected chi connectivity index (χ2v) is 5.55. The van der Waals surface area contributed by atoms with Crippen LogP contribution in [0.5, 0.6) is 0 Å². The van der Waals surface area contributed by atoms with Gasteiger partial charge in [-0.2, -0.15) is 0 Å². The fraction of sp³-hybridized carbons (Fsp3) is 0.300. The first-order valence-corrected chi connectivity index (χ1v) is 7.16. The van der Waals surface area contributed by atoms with Crippen molar-refractivity contribution in [3.8, 4) is 0 Å². The Balaban J connectivity index is 2.54. The summed E-state index contributed by atoms with van der Waals surface area (Å²) in [4.78, 5) is 1.26. The maximum atomic E-state index is 5.43. The molecule has 1 rings (SSSR count). The molecule has 0 aliphatic carbocycles. The van der Waals surface area contributed by atoms with Gasteiger partial charge in [0.05, 0.1) is 0 Å². The van der Waals surface area contributed by atoms with Crippen LogP contribution in [0.1, 0.15) is 0 Å². The lowest BCUT2D eigenvalue weighted by molar-refractivity contribution is 1.15. The SMILES string of the molecule is C=S(C)Nc1ccc(SCCN)cc1. The zero-order valence-corrected chi connectivity index (χ0v) is 9.96. The van der Waals surface area contributed by atoms with Crippen LogP contribution < -0.4 is 10.5 Å². The first-order chi connectivity index (χ1) is 6.72. The molecule has 78 valence electrons. The minimum atomic E-state index is -0.00530. The van der Waals surface area contributed by atoms with Crippen molar-refractivity contribution >= 4 is 34.0 Å². The van der Waals surface area contributed by atoms with Gasteiger partial charge >= 0.3 is 0 Å². The van der Waals surface area contributed by atoms with Crippen molar-refractivity contribution in [3.05, 3.63) is 24.3 Å². The molecule has 1 aromatic carbocycles. The summed E-state index contributed by atoms with van der Waals surface area (Å²) in [6.45, 7) is 0.724. The summed E-state index contributed by atoms with van der Waals surface area (Å²) in [7, 11) is -0.00530. The topological polar surface area (TPSA) is 38.0 Å². The lowest BCUT2D eigenvalue weighted by Gasteiger charge is -2.06. The lowest BCUT2D eigenvalue weighted by Crippen LogP contribution is -2.00. The number of thioether (sulfide) groups is 1. The summed E-state index contributed by atoms with van der Waals surface area (Å²) in [5.41, 5.74) is 6.56. The van der Waals surface area contributed by atoms with Crippen molar-refractivity contribution in [1.29, 1.82) is 0 Å². The van der Waals surface area contributed by atoms with E-state index in [1.54, 1.807) is 11.8 Å². The number of hydrogen-bond donors (Lipinski definition) is 2. The van der Waals surface area contributed by atoms with Gasteiger partial charge in [-0.3, -0.25) is 0 Å². The number of anilines is 1. The van der Waals surface area contributed by atoms with Gasteiger partial charge in [-0.15, -0.1) is 22.4 Å². The van der Waals surface area contributed by atoms with Crippen molar-refractivity contribution < 1.29 is 0 Å². The number of benzene rings is 1. The summed E-state index contributed by atoms with van der Waals surface area (Å²) in [6, 6.07) is 8.37. The molecule has 0 heterocycles. The summed E-state index contributed by atoms with van der Waals surface area (Å²) < 4.78 is 3.27. The van der Waals surface area contributed by atoms with Gasteiger partial charge in [0.25, 0.3) is 0 Å². The van der Waals surface area contributed by atoms with Crippen molar-refractivity contribution in [3.63, 3.8) is 0 Å². The van der Waals surface area contributed by atoms with E-state index in [0.717, 1.165) is 18.0 Å². The molecule has 14 heavy (non-hydrogen) atoms. The van der Waals surface area contributed by atoms with E-state index in [9.17, 15) is 0 Å². The highest BCUT2D eigenvalue weighted by Gasteiger charge is 1.94. The Labute approximate surface area is 92.3 Å². The molecule has 0 aliphatic rings. The van der Waals surface area contributed by atoms with Crippen LogP contribution in [0.2, 0.25) is 0 Å². The van der Waals surface area contributed by atoms with Gasteiger partial charge in [-0.1, -0.05) is 5.87 Å². The molecule has 0 aromatic heterocycles. The van der Waals surface area contributed by atoms with Gasteiger partial charge in [-0.05, 0) is 30.5 Å². The van der Waals surface area contributed by atoms with E-state index in [4.69, 9.17) is 5.73 Å². The fourth-order valence-electron chi connectivity index (χ4n) is 0.997. The third-order valence-electron chi connectivity index (χ3n) is 1.53. The number of nitrogens with one attached hydrogen (secondary N) is 1. The molecule has 1 atom stereocenters. The second kappa shape index (κ2) is 6.11. The zero-order chi connectivity index (χ0) is 10.4. The van der Waals surface area contributed by atoms with Gasteiger partial charge in [0, 0.05) is 22.9 Å². The average Bonchev–Trinajstić information content (AvgIpc) is 2.16. The van der Waals surface area contributed by atoms with Crippen molar-refractivity contribution in [2.75, 3.05) is 23.3 Å². The molecule has 4 heteroatoms. The molecule has 1 aromatic rings. The molecular formula is C10H16N2S2. The highest BCUT2D eigenvalue weighted by Crippen LogP contribution is 2.21. The molecule has 1 unspecified atom stereocenters. The molecule has 0 radical (unpaired) electrons. The number of nitrogens with two attached hydrogens (primary N) is 1. The first kappa shape index (κ1) is 11.6. The Kier molecular flexibility index (Phi) is 5.07. The van der Waals surface area contributed by atoms with Crippen LogP contribution in [0.4, 0.5) is 5.69 Å². The van der Waals surface area contributed by atoms with E-state index in [1.807, 2.05) is 0 Å². The van der Waals surface area contributed by atoms with Gasteiger partial charge in [-0.25, -0.2) is 0 Å². The molecular weight excluding hydrogens is 212 g/mol. The predicted octanol–water partition coefficient (Wildman–Crippen LogP) is 2.40. The monoisotopic (exact) mass is 228 g/mol. The van der Waals surface area contributed by atoms with Crippen molar-refractivity contribution in [2.24, 2.45) is 5.73 Å². The summed E-state index contributed by atoms with van der Waals surface area (Å²) >= 11 is 1.78. The summed E-state index contributed by atoms with van der Waals surface area (Å²) in [5.74, 6) is 4.87. The molecule has 3 N–H and O–H groups in total. The fourth-order valence-corrected chi connectivity index (χ4v) is 2.22. The summed E-state index contributed by atoms with van der Waals surface area (Å²) in [5, 5.41) is 0. The van der Waals surface area contributed by atoms with Gasteiger partial charge in [0.15, 0.2) is 0 Å². The summed E-state index contributed by atoms with van der Waals surface area (Å²) in [6.07, 6.45) is 2.05. The van der Waals surface area contributed by atoms with Crippen LogP contribution in [-0.2, 0) is 0 Å². The first-order valence-electron chi connectivity index (χ1n) is 4.37. The van der Waals surface area contributed by atoms with E-state index in [1.165, 1.54) is 4.90 Å². The molecule has 0 saturated heterocycles. The smallest absolute Gasteiger partial charge is 0.0436 e. The van der Waals surface area contributed by atoms with Crippen LogP contribution in [0, 0.1) is 0 Å². The van der Waals surface area contributed by atoms with E-state index in [-0.39, 0.29) is 10.7 Å². The molecule has 0 bridgehead atoms. The Hall–Kier alpha value is -0.450. The van der Waals surface area contributed by atoms with Gasteiger partial charge < -0.3 is 10.5 Å². The van der Waals surface area contributed by atoms with Crippen LogP contribution >= 0.6 is 22.4 Å². The van der Waals surface area contributed by atoms with Gasteiger partial charge in [0.2, 0.25) is 0 Å². The Morgan fingerprint density at radius 1 is 1.43 bits per heavy atom. The normalized spacial score (nSPS) is 12.4. The molecule has 0 aliphatic heterocycles. The number of rotatable bonds is 5. The lowest BCUT2D eigenvalue weighted by atomic mass is 10.3. The maximum absolute atomic E-state index is 5.43. The van der Waals surface area contributed by atoms with Gasteiger partial charge in [0.1, 0.15) is 0 Å². The predicted molar refractivity (Wildman–Crippen MR) is 70.5 cm³/mol.